The van der Waals surface area contributed by atoms with Gasteiger partial charge in [-0.25, -0.2) is 9.67 Å². The molecule has 112 valence electrons. The van der Waals surface area contributed by atoms with Crippen molar-refractivity contribution in [2.75, 3.05) is 5.32 Å². The first-order valence-corrected chi connectivity index (χ1v) is 8.36. The zero-order chi connectivity index (χ0) is 14.8. The molecule has 5 nitrogen and oxygen atoms in total. The largest absolute Gasteiger partial charge is 0.370 e. The third-order valence-electron chi connectivity index (χ3n) is 3.60. The first kappa shape index (κ1) is 14.5. The van der Waals surface area contributed by atoms with E-state index in [9.17, 15) is 4.79 Å². The molecule has 2 aromatic heterocycles. The monoisotopic (exact) mass is 324 g/mol. The fraction of sp³-hybridized carbons (Fsp3) is 0.500. The van der Waals surface area contributed by atoms with Gasteiger partial charge in [0, 0.05) is 18.1 Å². The van der Waals surface area contributed by atoms with Crippen molar-refractivity contribution in [3.63, 3.8) is 0 Å². The van der Waals surface area contributed by atoms with Gasteiger partial charge in [0.1, 0.15) is 10.7 Å². The lowest BCUT2D eigenvalue weighted by atomic mass is 10.2. The lowest BCUT2D eigenvalue weighted by molar-refractivity contribution is 0.533. The van der Waals surface area contributed by atoms with Gasteiger partial charge in [0.25, 0.3) is 5.56 Å². The van der Waals surface area contributed by atoms with Crippen molar-refractivity contribution in [1.82, 2.24) is 14.8 Å². The molecule has 1 atom stereocenters. The Bertz CT molecular complexity index is 666. The number of hydrogen-bond acceptors (Lipinski definition) is 5. The summed E-state index contributed by atoms with van der Waals surface area (Å²) < 4.78 is 1.51. The minimum Gasteiger partial charge on any atom is -0.370 e. The second kappa shape index (κ2) is 6.15. The fourth-order valence-corrected chi connectivity index (χ4v) is 3.15. The number of rotatable bonds is 6. The van der Waals surface area contributed by atoms with E-state index in [-0.39, 0.29) is 11.6 Å². The minimum atomic E-state index is -0.149. The summed E-state index contributed by atoms with van der Waals surface area (Å²) in [4.78, 5) is 16.8. The Morgan fingerprint density at radius 3 is 3.00 bits per heavy atom. The lowest BCUT2D eigenvalue weighted by Crippen LogP contribution is -2.28. The van der Waals surface area contributed by atoms with E-state index in [1.165, 1.54) is 17.5 Å². The Kier molecular flexibility index (Phi) is 4.26. The van der Waals surface area contributed by atoms with Crippen LogP contribution in [0.4, 0.5) is 5.69 Å². The Balaban J connectivity index is 1.88. The summed E-state index contributed by atoms with van der Waals surface area (Å²) in [7, 11) is 0. The van der Waals surface area contributed by atoms with Crippen LogP contribution < -0.4 is 10.9 Å². The predicted molar refractivity (Wildman–Crippen MR) is 85.0 cm³/mol. The van der Waals surface area contributed by atoms with Crippen molar-refractivity contribution in [1.29, 1.82) is 0 Å². The van der Waals surface area contributed by atoms with Crippen LogP contribution in [-0.2, 0) is 6.54 Å². The molecule has 3 rings (SSSR count). The molecule has 0 saturated heterocycles. The Hall–Kier alpha value is -1.40. The lowest BCUT2D eigenvalue weighted by Gasteiger charge is -2.17. The molecular formula is C14H17ClN4OS. The van der Waals surface area contributed by atoms with Crippen LogP contribution in [0.2, 0.25) is 5.02 Å². The average Bonchev–Trinajstić information content (AvgIpc) is 3.13. The fourth-order valence-electron chi connectivity index (χ4n) is 2.19. The van der Waals surface area contributed by atoms with Gasteiger partial charge in [-0.05, 0) is 25.2 Å². The quantitative estimate of drug-likeness (QED) is 0.885. The van der Waals surface area contributed by atoms with Crippen LogP contribution in [0.5, 0.6) is 0 Å². The van der Waals surface area contributed by atoms with E-state index in [0.29, 0.717) is 23.2 Å². The van der Waals surface area contributed by atoms with Crippen LogP contribution in [0.15, 0.2) is 22.6 Å². The number of nitrogens with one attached hydrogen (secondary N) is 1. The normalized spacial score (nSPS) is 15.9. The van der Waals surface area contributed by atoms with Gasteiger partial charge in [0.15, 0.2) is 0 Å². The van der Waals surface area contributed by atoms with Gasteiger partial charge in [-0.1, -0.05) is 18.5 Å². The molecule has 1 unspecified atom stereocenters. The van der Waals surface area contributed by atoms with Gasteiger partial charge in [-0.2, -0.15) is 5.10 Å². The van der Waals surface area contributed by atoms with Gasteiger partial charge < -0.3 is 5.32 Å². The molecule has 2 aromatic rings. The Morgan fingerprint density at radius 2 is 2.38 bits per heavy atom. The molecule has 1 saturated carbocycles. The summed E-state index contributed by atoms with van der Waals surface area (Å²) >= 11 is 7.73. The number of halogens is 1. The van der Waals surface area contributed by atoms with Gasteiger partial charge in [0.2, 0.25) is 0 Å². The highest BCUT2D eigenvalue weighted by Gasteiger charge is 2.24. The molecule has 1 aliphatic carbocycles. The van der Waals surface area contributed by atoms with Gasteiger partial charge in [0.05, 0.1) is 17.3 Å². The maximum Gasteiger partial charge on any atom is 0.291 e. The summed E-state index contributed by atoms with van der Waals surface area (Å²) in [5.74, 6) is 0.588. The maximum absolute atomic E-state index is 12.5. The van der Waals surface area contributed by atoms with Crippen LogP contribution in [0.25, 0.3) is 0 Å². The predicted octanol–water partition coefficient (Wildman–Crippen LogP) is 3.33. The first-order chi connectivity index (χ1) is 10.2. The molecule has 21 heavy (non-hydrogen) atoms. The highest BCUT2D eigenvalue weighted by Crippen LogP contribution is 2.30. The molecule has 7 heteroatoms. The Labute approximate surface area is 132 Å². The third-order valence-corrected chi connectivity index (χ3v) is 4.78. The van der Waals surface area contributed by atoms with Crippen molar-refractivity contribution in [2.24, 2.45) is 5.92 Å². The van der Waals surface area contributed by atoms with Gasteiger partial charge in [-0.15, -0.1) is 11.3 Å². The van der Waals surface area contributed by atoms with Crippen molar-refractivity contribution in [3.8, 4) is 0 Å². The van der Waals surface area contributed by atoms with E-state index in [2.05, 4.69) is 22.3 Å². The van der Waals surface area contributed by atoms with Crippen LogP contribution >= 0.6 is 22.9 Å². The van der Waals surface area contributed by atoms with E-state index >= 15 is 0 Å². The zero-order valence-electron chi connectivity index (χ0n) is 11.8. The second-order valence-corrected chi connectivity index (χ2v) is 6.61. The zero-order valence-corrected chi connectivity index (χ0v) is 13.3. The number of thiazole rings is 1. The summed E-state index contributed by atoms with van der Waals surface area (Å²) in [6.45, 7) is 2.73. The standard InChI is InChI=1S/C14H17ClN4OS/c1-2-11(13-16-5-6-21-13)18-12-10(15)7-17-19(14(12)20)8-9-3-4-9/h5-7,9,11,18H,2-4,8H2,1H3. The van der Waals surface area contributed by atoms with Crippen LogP contribution in [0, 0.1) is 5.92 Å². The Morgan fingerprint density at radius 1 is 1.57 bits per heavy atom. The van der Waals surface area contributed by atoms with Gasteiger partial charge in [-0.3, -0.25) is 4.79 Å². The highest BCUT2D eigenvalue weighted by atomic mass is 35.5. The van der Waals surface area contributed by atoms with E-state index in [1.54, 1.807) is 23.7 Å². The molecule has 0 bridgehead atoms. The van der Waals surface area contributed by atoms with Crippen LogP contribution in [0.3, 0.4) is 0 Å². The molecule has 2 heterocycles. The molecule has 1 N–H and O–H groups in total. The number of nitrogens with zero attached hydrogens (tertiary/aromatic N) is 3. The summed E-state index contributed by atoms with van der Waals surface area (Å²) in [6.07, 6.45) is 6.49. The van der Waals surface area contributed by atoms with E-state index in [0.717, 1.165) is 11.4 Å². The van der Waals surface area contributed by atoms with Crippen molar-refractivity contribution in [2.45, 2.75) is 38.8 Å². The van der Waals surface area contributed by atoms with E-state index in [4.69, 9.17) is 11.6 Å². The molecule has 1 fully saturated rings. The number of anilines is 1. The topological polar surface area (TPSA) is 59.8 Å². The molecule has 0 aromatic carbocycles. The van der Waals surface area contributed by atoms with Crippen molar-refractivity contribution < 1.29 is 0 Å². The highest BCUT2D eigenvalue weighted by molar-refractivity contribution is 7.09. The SMILES string of the molecule is CCC(Nc1c(Cl)cnn(CC2CC2)c1=O)c1nccs1. The third kappa shape index (κ3) is 3.27. The van der Waals surface area contributed by atoms with Crippen LogP contribution in [0.1, 0.15) is 37.2 Å². The molecular weight excluding hydrogens is 308 g/mol. The second-order valence-electron chi connectivity index (χ2n) is 5.27. The van der Waals surface area contributed by atoms with Crippen molar-refractivity contribution >= 4 is 28.6 Å². The van der Waals surface area contributed by atoms with E-state index < -0.39 is 0 Å². The molecule has 0 aliphatic heterocycles. The van der Waals surface area contributed by atoms with Gasteiger partial charge >= 0.3 is 0 Å². The molecule has 0 amide bonds. The minimum absolute atomic E-state index is 0.00743. The average molecular weight is 325 g/mol. The molecule has 0 spiro atoms. The first-order valence-electron chi connectivity index (χ1n) is 7.10. The molecule has 0 radical (unpaired) electrons. The number of hydrogen-bond donors (Lipinski definition) is 1. The van der Waals surface area contributed by atoms with Crippen LogP contribution in [-0.4, -0.2) is 14.8 Å². The summed E-state index contributed by atoms with van der Waals surface area (Å²) in [5.41, 5.74) is 0.277. The van der Waals surface area contributed by atoms with Crippen molar-refractivity contribution in [3.05, 3.63) is 38.2 Å². The van der Waals surface area contributed by atoms with E-state index in [1.807, 2.05) is 5.38 Å². The summed E-state index contributed by atoms with van der Waals surface area (Å²) in [5, 5.41) is 10.6. The molecule has 1 aliphatic rings. The smallest absolute Gasteiger partial charge is 0.291 e. The number of aromatic nitrogens is 3. The maximum atomic E-state index is 12.5. The summed E-state index contributed by atoms with van der Waals surface area (Å²) in [6, 6.07) is -0.00743.